The fraction of sp³-hybridized carbons (Fsp3) is 0.120. The average Bonchev–Trinajstić information content (AvgIpc) is 3.44. The van der Waals surface area contributed by atoms with Crippen LogP contribution in [-0.2, 0) is 17.1 Å². The molecular weight excluding hydrogens is 472 g/mol. The number of anilines is 1. The Balaban J connectivity index is 1.67. The van der Waals surface area contributed by atoms with Crippen molar-refractivity contribution in [3.8, 4) is 27.9 Å². The molecule has 0 aliphatic carbocycles. The first kappa shape index (κ1) is 22.7. The molecule has 5 aromatic rings. The summed E-state index contributed by atoms with van der Waals surface area (Å²) in [6.07, 6.45) is 5.25. The van der Waals surface area contributed by atoms with Crippen LogP contribution in [0.25, 0.3) is 39.0 Å². The second kappa shape index (κ2) is 8.62. The van der Waals surface area contributed by atoms with Crippen LogP contribution in [0.5, 0.6) is 0 Å². The van der Waals surface area contributed by atoms with E-state index in [9.17, 15) is 17.2 Å². The van der Waals surface area contributed by atoms with Crippen LogP contribution in [0.4, 0.5) is 14.5 Å². The summed E-state index contributed by atoms with van der Waals surface area (Å²) < 4.78 is 59.6. The van der Waals surface area contributed by atoms with Crippen molar-refractivity contribution in [3.63, 3.8) is 0 Å². The molecule has 0 saturated heterocycles. The number of fused-ring (bicyclic) bond motifs is 1. The number of imidazole rings is 1. The molecule has 0 saturated carbocycles. The van der Waals surface area contributed by atoms with E-state index >= 15 is 0 Å². The number of hydrogen-bond donors (Lipinski definition) is 1. The van der Waals surface area contributed by atoms with Crippen molar-refractivity contribution in [2.75, 3.05) is 10.5 Å². The van der Waals surface area contributed by atoms with Crippen LogP contribution in [0.1, 0.15) is 6.92 Å². The molecule has 0 amide bonds. The van der Waals surface area contributed by atoms with E-state index in [0.717, 1.165) is 28.8 Å². The molecule has 2 heterocycles. The Morgan fingerprint density at radius 1 is 0.971 bits per heavy atom. The van der Waals surface area contributed by atoms with Crippen molar-refractivity contribution in [2.45, 2.75) is 6.92 Å². The Morgan fingerprint density at radius 2 is 1.74 bits per heavy atom. The van der Waals surface area contributed by atoms with Gasteiger partial charge in [0.1, 0.15) is 18.0 Å². The zero-order valence-electron chi connectivity index (χ0n) is 18.9. The SMILES string of the molecule is CCS(=O)(=O)Nc1cc(-c2c(F)cccc2F)cc(-n2cnc3cc(-c4cnn(C)c4)ccc32)c1. The molecule has 10 heteroatoms. The smallest absolute Gasteiger partial charge is 0.232 e. The summed E-state index contributed by atoms with van der Waals surface area (Å²) in [4.78, 5) is 4.49. The van der Waals surface area contributed by atoms with Gasteiger partial charge in [0.15, 0.2) is 0 Å². The van der Waals surface area contributed by atoms with Crippen LogP contribution in [-0.4, -0.2) is 33.5 Å². The van der Waals surface area contributed by atoms with Gasteiger partial charge in [0.2, 0.25) is 10.0 Å². The molecule has 2 aromatic heterocycles. The van der Waals surface area contributed by atoms with Crippen molar-refractivity contribution >= 4 is 26.7 Å². The molecule has 1 N–H and O–H groups in total. The summed E-state index contributed by atoms with van der Waals surface area (Å²) in [6.45, 7) is 1.51. The largest absolute Gasteiger partial charge is 0.299 e. The molecule has 0 aliphatic rings. The number of benzene rings is 3. The van der Waals surface area contributed by atoms with E-state index in [1.165, 1.54) is 19.1 Å². The summed E-state index contributed by atoms with van der Waals surface area (Å²) in [7, 11) is -1.78. The molecule has 0 atom stereocenters. The number of sulfonamides is 1. The minimum atomic E-state index is -3.62. The Kier molecular flexibility index (Phi) is 5.60. The summed E-state index contributed by atoms with van der Waals surface area (Å²) in [5.41, 5.74) is 3.96. The molecule has 0 radical (unpaired) electrons. The van der Waals surface area contributed by atoms with E-state index < -0.39 is 21.7 Å². The van der Waals surface area contributed by atoms with Gasteiger partial charge in [0.05, 0.1) is 34.2 Å². The molecule has 0 unspecified atom stereocenters. The van der Waals surface area contributed by atoms with Crippen LogP contribution in [0.2, 0.25) is 0 Å². The minimum Gasteiger partial charge on any atom is -0.299 e. The third-order valence-electron chi connectivity index (χ3n) is 5.69. The first-order valence-electron chi connectivity index (χ1n) is 10.8. The van der Waals surface area contributed by atoms with E-state index in [0.29, 0.717) is 11.2 Å². The van der Waals surface area contributed by atoms with Crippen molar-refractivity contribution in [1.82, 2.24) is 19.3 Å². The highest BCUT2D eigenvalue weighted by Gasteiger charge is 2.17. The van der Waals surface area contributed by atoms with Crippen LogP contribution >= 0.6 is 0 Å². The van der Waals surface area contributed by atoms with Gasteiger partial charge in [-0.1, -0.05) is 12.1 Å². The molecule has 178 valence electrons. The van der Waals surface area contributed by atoms with Crippen LogP contribution in [0.3, 0.4) is 0 Å². The monoisotopic (exact) mass is 493 g/mol. The molecule has 7 nitrogen and oxygen atoms in total. The van der Waals surface area contributed by atoms with E-state index in [2.05, 4.69) is 14.8 Å². The third kappa shape index (κ3) is 4.40. The van der Waals surface area contributed by atoms with Crippen LogP contribution < -0.4 is 4.72 Å². The molecule has 0 aliphatic heterocycles. The quantitative estimate of drug-likeness (QED) is 0.355. The fourth-order valence-corrected chi connectivity index (χ4v) is 4.57. The van der Waals surface area contributed by atoms with Crippen LogP contribution in [0, 0.1) is 11.6 Å². The molecule has 0 bridgehead atoms. The lowest BCUT2D eigenvalue weighted by atomic mass is 10.0. The maximum Gasteiger partial charge on any atom is 0.232 e. The first-order chi connectivity index (χ1) is 16.7. The van der Waals surface area contributed by atoms with E-state index in [1.807, 2.05) is 31.4 Å². The van der Waals surface area contributed by atoms with Gasteiger partial charge >= 0.3 is 0 Å². The summed E-state index contributed by atoms with van der Waals surface area (Å²) in [6, 6.07) is 14.0. The van der Waals surface area contributed by atoms with Gasteiger partial charge < -0.3 is 0 Å². The number of rotatable bonds is 6. The van der Waals surface area contributed by atoms with Gasteiger partial charge in [-0.05, 0) is 60.5 Å². The Bertz CT molecular complexity index is 1650. The van der Waals surface area contributed by atoms with Crippen molar-refractivity contribution < 1.29 is 17.2 Å². The predicted molar refractivity (Wildman–Crippen MR) is 132 cm³/mol. The number of hydrogen-bond acceptors (Lipinski definition) is 4. The Hall–Kier alpha value is -4.05. The standard InChI is InChI=1S/C25H21F2N5O2S/c1-3-35(33,34)30-19-9-17(25-21(26)5-4-6-22(25)27)10-20(12-19)32-15-28-23-11-16(7-8-24(23)32)18-13-29-31(2)14-18/h4-15,30H,3H2,1-2H3. The van der Waals surface area contributed by atoms with Gasteiger partial charge in [-0.25, -0.2) is 22.2 Å². The molecule has 5 rings (SSSR count). The lowest BCUT2D eigenvalue weighted by Gasteiger charge is -2.14. The minimum absolute atomic E-state index is 0.147. The first-order valence-corrected chi connectivity index (χ1v) is 12.5. The van der Waals surface area contributed by atoms with Gasteiger partial charge in [-0.2, -0.15) is 5.10 Å². The maximum absolute atomic E-state index is 14.6. The van der Waals surface area contributed by atoms with Crippen molar-refractivity contribution in [1.29, 1.82) is 0 Å². The van der Waals surface area contributed by atoms with Gasteiger partial charge in [0, 0.05) is 24.5 Å². The third-order valence-corrected chi connectivity index (χ3v) is 6.99. The highest BCUT2D eigenvalue weighted by Crippen LogP contribution is 2.33. The second-order valence-electron chi connectivity index (χ2n) is 8.09. The van der Waals surface area contributed by atoms with Crippen molar-refractivity contribution in [3.05, 3.63) is 85.0 Å². The second-order valence-corrected chi connectivity index (χ2v) is 10.1. The number of aromatic nitrogens is 4. The molecule has 3 aromatic carbocycles. The lowest BCUT2D eigenvalue weighted by Crippen LogP contribution is -2.15. The molecule has 0 spiro atoms. The molecular formula is C25H21F2N5O2S. The number of nitrogens with one attached hydrogen (secondary N) is 1. The highest BCUT2D eigenvalue weighted by atomic mass is 32.2. The maximum atomic E-state index is 14.6. The number of aryl methyl sites for hydroxylation is 1. The van der Waals surface area contributed by atoms with Gasteiger partial charge in [-0.3, -0.25) is 14.0 Å². The van der Waals surface area contributed by atoms with E-state index in [4.69, 9.17) is 0 Å². The summed E-state index contributed by atoms with van der Waals surface area (Å²) in [5.74, 6) is -1.64. The molecule has 35 heavy (non-hydrogen) atoms. The zero-order chi connectivity index (χ0) is 24.7. The normalized spacial score (nSPS) is 11.8. The Morgan fingerprint density at radius 3 is 2.43 bits per heavy atom. The fourth-order valence-electron chi connectivity index (χ4n) is 3.95. The predicted octanol–water partition coefficient (Wildman–Crippen LogP) is 5.13. The van der Waals surface area contributed by atoms with E-state index in [-0.39, 0.29) is 22.6 Å². The Labute approximate surface area is 200 Å². The summed E-state index contributed by atoms with van der Waals surface area (Å²) >= 11 is 0. The number of halogens is 2. The van der Waals surface area contributed by atoms with Gasteiger partial charge in [-0.15, -0.1) is 0 Å². The zero-order valence-corrected chi connectivity index (χ0v) is 19.7. The van der Waals surface area contributed by atoms with Crippen molar-refractivity contribution in [2.24, 2.45) is 7.05 Å². The summed E-state index contributed by atoms with van der Waals surface area (Å²) in [5, 5.41) is 4.20. The van der Waals surface area contributed by atoms with E-state index in [1.54, 1.807) is 33.9 Å². The average molecular weight is 494 g/mol. The van der Waals surface area contributed by atoms with Gasteiger partial charge in [0.25, 0.3) is 0 Å². The lowest BCUT2D eigenvalue weighted by molar-refractivity contribution is 0.589. The number of nitrogens with zero attached hydrogens (tertiary/aromatic N) is 4. The van der Waals surface area contributed by atoms with Crippen LogP contribution in [0.15, 0.2) is 73.3 Å². The molecule has 0 fully saturated rings. The topological polar surface area (TPSA) is 81.8 Å². The highest BCUT2D eigenvalue weighted by molar-refractivity contribution is 7.92.